The molecule has 12 heavy (non-hydrogen) atoms. The predicted octanol–water partition coefficient (Wildman–Crippen LogP) is 1.16. The molecule has 0 radical (unpaired) electrons. The fourth-order valence-electron chi connectivity index (χ4n) is 0.675. The Morgan fingerprint density at radius 2 is 1.92 bits per heavy atom. The van der Waals surface area contributed by atoms with Crippen molar-refractivity contribution in [2.45, 2.75) is 0 Å². The molecule has 66 valence electrons. The summed E-state index contributed by atoms with van der Waals surface area (Å²) in [6, 6.07) is 5.31. The molecular weight excluding hydrogens is 183 g/mol. The van der Waals surface area contributed by atoms with Crippen molar-refractivity contribution in [3.05, 3.63) is 30.1 Å². The Bertz CT molecular complexity index is 372. The fourth-order valence-corrected chi connectivity index (χ4v) is 1.14. The Hall–Kier alpha value is -1.10. The molecule has 0 bridgehead atoms. The lowest BCUT2D eigenvalue weighted by Gasteiger charge is -2.02. The van der Waals surface area contributed by atoms with Crippen LogP contribution in [0.3, 0.4) is 0 Å². The van der Waals surface area contributed by atoms with E-state index in [1.807, 2.05) is 0 Å². The van der Waals surface area contributed by atoms with Crippen LogP contribution < -0.4 is 4.18 Å². The van der Waals surface area contributed by atoms with E-state index >= 15 is 0 Å². The lowest BCUT2D eigenvalue weighted by atomic mass is 10.3. The first-order valence-corrected chi connectivity index (χ1v) is 4.95. The monoisotopic (exact) mass is 190 g/mol. The molecule has 0 heterocycles. The van der Waals surface area contributed by atoms with Gasteiger partial charge in [-0.15, -0.1) is 0 Å². The maximum atomic E-state index is 12.7. The van der Waals surface area contributed by atoms with Crippen molar-refractivity contribution < 1.29 is 17.0 Å². The van der Waals surface area contributed by atoms with Gasteiger partial charge in [0, 0.05) is 0 Å². The van der Waals surface area contributed by atoms with Crippen LogP contribution in [0, 0.1) is 5.82 Å². The molecule has 0 aliphatic heterocycles. The highest BCUT2D eigenvalue weighted by molar-refractivity contribution is 7.86. The van der Waals surface area contributed by atoms with Crippen molar-refractivity contribution >= 4 is 10.1 Å². The van der Waals surface area contributed by atoms with Crippen LogP contribution in [-0.4, -0.2) is 14.7 Å². The van der Waals surface area contributed by atoms with E-state index in [1.54, 1.807) is 0 Å². The van der Waals surface area contributed by atoms with E-state index in [0.29, 0.717) is 0 Å². The molecule has 0 aliphatic rings. The van der Waals surface area contributed by atoms with Gasteiger partial charge in [0.25, 0.3) is 0 Å². The third-order valence-corrected chi connectivity index (χ3v) is 1.56. The number of halogens is 1. The van der Waals surface area contributed by atoms with Crippen LogP contribution in [0.1, 0.15) is 0 Å². The summed E-state index contributed by atoms with van der Waals surface area (Å²) in [5.41, 5.74) is 0. The minimum absolute atomic E-state index is 0.278. The van der Waals surface area contributed by atoms with E-state index in [0.717, 1.165) is 12.3 Å². The van der Waals surface area contributed by atoms with E-state index in [1.165, 1.54) is 18.2 Å². The summed E-state index contributed by atoms with van der Waals surface area (Å²) in [6.07, 6.45) is 0.861. The quantitative estimate of drug-likeness (QED) is 0.657. The van der Waals surface area contributed by atoms with Crippen molar-refractivity contribution in [3.8, 4) is 5.75 Å². The topological polar surface area (TPSA) is 43.4 Å². The minimum atomic E-state index is -3.64. The van der Waals surface area contributed by atoms with Crippen LogP contribution in [0.5, 0.6) is 5.75 Å². The highest BCUT2D eigenvalue weighted by Gasteiger charge is 2.07. The van der Waals surface area contributed by atoms with Gasteiger partial charge in [0.1, 0.15) is 0 Å². The molecule has 0 fully saturated rings. The maximum Gasteiger partial charge on any atom is 0.306 e. The molecule has 0 unspecified atom stereocenters. The molecule has 0 aliphatic carbocycles. The molecule has 0 N–H and O–H groups in total. The highest BCUT2D eigenvalue weighted by atomic mass is 32.2. The third-order valence-electron chi connectivity index (χ3n) is 1.08. The van der Waals surface area contributed by atoms with Gasteiger partial charge in [-0.2, -0.15) is 8.42 Å². The molecule has 0 atom stereocenters. The highest BCUT2D eigenvalue weighted by Crippen LogP contribution is 2.16. The molecule has 0 spiro atoms. The van der Waals surface area contributed by atoms with Crippen molar-refractivity contribution in [3.63, 3.8) is 0 Å². The number of para-hydroxylation sites is 1. The van der Waals surface area contributed by atoms with Crippen molar-refractivity contribution in [2.24, 2.45) is 0 Å². The second-order valence-corrected chi connectivity index (χ2v) is 3.79. The summed E-state index contributed by atoms with van der Waals surface area (Å²) in [5, 5.41) is 0. The molecule has 0 aromatic heterocycles. The second-order valence-electron chi connectivity index (χ2n) is 2.22. The summed E-state index contributed by atoms with van der Waals surface area (Å²) < 4.78 is 38.2. The number of hydrogen-bond donors (Lipinski definition) is 0. The van der Waals surface area contributed by atoms with Gasteiger partial charge in [0.05, 0.1) is 6.26 Å². The smallest absolute Gasteiger partial charge is 0.306 e. The summed E-state index contributed by atoms with van der Waals surface area (Å²) in [5.74, 6) is -0.970. The first kappa shape index (κ1) is 8.99. The van der Waals surface area contributed by atoms with E-state index in [2.05, 4.69) is 4.18 Å². The Balaban J connectivity index is 2.98. The molecule has 0 saturated carbocycles. The summed E-state index contributed by atoms with van der Waals surface area (Å²) in [7, 11) is -3.64. The zero-order valence-electron chi connectivity index (χ0n) is 6.32. The van der Waals surface area contributed by atoms with Crippen LogP contribution in [0.25, 0.3) is 0 Å². The van der Waals surface area contributed by atoms with Gasteiger partial charge in [0.15, 0.2) is 11.6 Å². The average Bonchev–Trinajstić information content (AvgIpc) is 1.91. The minimum Gasteiger partial charge on any atom is -0.379 e. The normalized spacial score (nSPS) is 11.2. The Kier molecular flexibility index (Phi) is 2.32. The Labute approximate surface area is 69.9 Å². The first-order chi connectivity index (χ1) is 5.49. The largest absolute Gasteiger partial charge is 0.379 e. The molecule has 0 amide bonds. The standard InChI is InChI=1S/C7H7FO3S/c1-12(9,10)11-7-5-3-2-4-6(7)8/h2-5H,1H3. The number of rotatable bonds is 2. The van der Waals surface area contributed by atoms with Gasteiger partial charge in [-0.3, -0.25) is 0 Å². The van der Waals surface area contributed by atoms with Gasteiger partial charge in [-0.1, -0.05) is 12.1 Å². The number of benzene rings is 1. The second kappa shape index (κ2) is 3.10. The van der Waals surface area contributed by atoms with Crippen LogP contribution in [0.4, 0.5) is 4.39 Å². The zero-order valence-corrected chi connectivity index (χ0v) is 7.14. The molecule has 1 aromatic rings. The zero-order chi connectivity index (χ0) is 9.19. The predicted molar refractivity (Wildman–Crippen MR) is 41.9 cm³/mol. The molecule has 5 heteroatoms. The van der Waals surface area contributed by atoms with Crippen LogP contribution in [-0.2, 0) is 10.1 Å². The van der Waals surface area contributed by atoms with Gasteiger partial charge in [0.2, 0.25) is 0 Å². The Morgan fingerprint density at radius 3 is 2.42 bits per heavy atom. The van der Waals surface area contributed by atoms with E-state index < -0.39 is 15.9 Å². The Morgan fingerprint density at radius 1 is 1.33 bits per heavy atom. The summed E-state index contributed by atoms with van der Waals surface area (Å²) >= 11 is 0. The third kappa shape index (κ3) is 2.50. The molecule has 1 aromatic carbocycles. The van der Waals surface area contributed by atoms with Crippen molar-refractivity contribution in [1.29, 1.82) is 0 Å². The summed E-state index contributed by atoms with van der Waals surface area (Å²) in [4.78, 5) is 0. The van der Waals surface area contributed by atoms with Crippen LogP contribution in [0.15, 0.2) is 24.3 Å². The van der Waals surface area contributed by atoms with Gasteiger partial charge in [-0.05, 0) is 12.1 Å². The number of hydrogen-bond acceptors (Lipinski definition) is 3. The fraction of sp³-hybridized carbons (Fsp3) is 0.143. The molecule has 0 saturated heterocycles. The van der Waals surface area contributed by atoms with Crippen molar-refractivity contribution in [1.82, 2.24) is 0 Å². The van der Waals surface area contributed by atoms with Gasteiger partial charge < -0.3 is 4.18 Å². The lowest BCUT2D eigenvalue weighted by molar-refractivity contribution is 0.467. The first-order valence-electron chi connectivity index (χ1n) is 3.13. The van der Waals surface area contributed by atoms with Crippen LogP contribution in [0.2, 0.25) is 0 Å². The van der Waals surface area contributed by atoms with Gasteiger partial charge in [-0.25, -0.2) is 4.39 Å². The van der Waals surface area contributed by atoms with E-state index in [-0.39, 0.29) is 5.75 Å². The molecular formula is C7H7FO3S. The SMILES string of the molecule is CS(=O)(=O)Oc1ccccc1F. The van der Waals surface area contributed by atoms with Gasteiger partial charge >= 0.3 is 10.1 Å². The van der Waals surface area contributed by atoms with E-state index in [9.17, 15) is 12.8 Å². The van der Waals surface area contributed by atoms with E-state index in [4.69, 9.17) is 0 Å². The summed E-state index contributed by atoms with van der Waals surface area (Å²) in [6.45, 7) is 0. The van der Waals surface area contributed by atoms with Crippen molar-refractivity contribution in [2.75, 3.05) is 6.26 Å². The molecule has 3 nitrogen and oxygen atoms in total. The van der Waals surface area contributed by atoms with Crippen LogP contribution >= 0.6 is 0 Å². The molecule has 1 rings (SSSR count). The lowest BCUT2D eigenvalue weighted by Crippen LogP contribution is -2.06. The average molecular weight is 190 g/mol. The maximum absolute atomic E-state index is 12.7.